The van der Waals surface area contributed by atoms with Crippen LogP contribution in [0.2, 0.25) is 0 Å². The highest BCUT2D eigenvalue weighted by atomic mass is 16.5. The van der Waals surface area contributed by atoms with Crippen LogP contribution in [0, 0.1) is 0 Å². The van der Waals surface area contributed by atoms with E-state index in [1.807, 2.05) is 48.5 Å². The highest BCUT2D eigenvalue weighted by molar-refractivity contribution is 5.95. The monoisotopic (exact) mass is 324 g/mol. The molecule has 0 saturated heterocycles. The Labute approximate surface area is 141 Å². The van der Waals surface area contributed by atoms with E-state index in [0.717, 1.165) is 17.0 Å². The minimum atomic E-state index is -1.01. The Balaban J connectivity index is 1.90. The van der Waals surface area contributed by atoms with E-state index in [4.69, 9.17) is 15.2 Å². The van der Waals surface area contributed by atoms with Crippen LogP contribution in [0.15, 0.2) is 65.8 Å². The molecular formula is C18H20N4O2. The zero-order valence-corrected chi connectivity index (χ0v) is 13.6. The minimum Gasteiger partial charge on any atom is -0.497 e. The van der Waals surface area contributed by atoms with E-state index in [9.17, 15) is 0 Å². The number of aliphatic imine (C=N–C) groups is 1. The first-order valence-electron chi connectivity index (χ1n) is 7.52. The molecule has 1 aliphatic heterocycles. The molecule has 0 aliphatic carbocycles. The highest BCUT2D eigenvalue weighted by Gasteiger charge is 2.29. The van der Waals surface area contributed by atoms with Crippen molar-refractivity contribution in [1.29, 1.82) is 0 Å². The predicted octanol–water partition coefficient (Wildman–Crippen LogP) is 2.40. The Bertz CT molecular complexity index is 788. The zero-order valence-electron chi connectivity index (χ0n) is 13.6. The van der Waals surface area contributed by atoms with Crippen molar-refractivity contribution in [3.8, 4) is 11.5 Å². The number of methoxy groups -OCH3 is 2. The van der Waals surface area contributed by atoms with Gasteiger partial charge in [0.1, 0.15) is 11.5 Å². The second-order valence-electron chi connectivity index (χ2n) is 5.32. The van der Waals surface area contributed by atoms with Gasteiger partial charge in [0.2, 0.25) is 5.96 Å². The van der Waals surface area contributed by atoms with Gasteiger partial charge in [0.05, 0.1) is 14.2 Å². The second kappa shape index (κ2) is 6.64. The molecule has 1 aliphatic rings. The summed E-state index contributed by atoms with van der Waals surface area (Å²) in [5.41, 5.74) is 7.12. The molecule has 0 aromatic heterocycles. The Morgan fingerprint density at radius 1 is 1.08 bits per heavy atom. The summed E-state index contributed by atoms with van der Waals surface area (Å²) in [5, 5.41) is 6.27. The number of benzene rings is 2. The minimum absolute atomic E-state index is 0.541. The molecule has 24 heavy (non-hydrogen) atoms. The standard InChI is InChI=1S/C18H20N4O2/c1-23-14-7-5-6-13(12-14)21-17-20-11-10-18(19,22-17)15-8-3-4-9-16(15)24-2/h3-12H,19H2,1-2H3,(H2,20,21,22). The van der Waals surface area contributed by atoms with Gasteiger partial charge in [0.15, 0.2) is 5.66 Å². The summed E-state index contributed by atoms with van der Waals surface area (Å²) in [5.74, 6) is 1.99. The van der Waals surface area contributed by atoms with Crippen LogP contribution in [-0.2, 0) is 5.66 Å². The molecule has 0 saturated carbocycles. The van der Waals surface area contributed by atoms with E-state index >= 15 is 0 Å². The van der Waals surface area contributed by atoms with Crippen molar-refractivity contribution in [1.82, 2.24) is 5.32 Å². The van der Waals surface area contributed by atoms with Crippen molar-refractivity contribution < 1.29 is 9.47 Å². The fourth-order valence-electron chi connectivity index (χ4n) is 2.53. The molecular weight excluding hydrogens is 304 g/mol. The maximum Gasteiger partial charge on any atom is 0.202 e. The van der Waals surface area contributed by atoms with Gasteiger partial charge in [-0.15, -0.1) is 0 Å². The summed E-state index contributed by atoms with van der Waals surface area (Å²) < 4.78 is 10.6. The van der Waals surface area contributed by atoms with Crippen molar-refractivity contribution >= 4 is 11.6 Å². The number of ether oxygens (including phenoxy) is 2. The molecule has 6 nitrogen and oxygen atoms in total. The third-order valence-electron chi connectivity index (χ3n) is 3.73. The van der Waals surface area contributed by atoms with Crippen LogP contribution in [0.1, 0.15) is 5.56 Å². The number of hydrogen-bond acceptors (Lipinski definition) is 6. The lowest BCUT2D eigenvalue weighted by molar-refractivity contribution is 0.398. The van der Waals surface area contributed by atoms with Gasteiger partial charge in [0, 0.05) is 23.5 Å². The molecule has 3 rings (SSSR count). The molecule has 0 fully saturated rings. The second-order valence-corrected chi connectivity index (χ2v) is 5.32. The van der Waals surface area contributed by atoms with Gasteiger partial charge >= 0.3 is 0 Å². The zero-order chi connectivity index (χ0) is 17.0. The smallest absolute Gasteiger partial charge is 0.202 e. The molecule has 2 aromatic rings. The highest BCUT2D eigenvalue weighted by Crippen LogP contribution is 2.31. The van der Waals surface area contributed by atoms with E-state index in [1.54, 1.807) is 26.5 Å². The number of guanidine groups is 1. The van der Waals surface area contributed by atoms with Gasteiger partial charge < -0.3 is 20.1 Å². The van der Waals surface area contributed by atoms with Crippen LogP contribution in [-0.4, -0.2) is 20.2 Å². The lowest BCUT2D eigenvalue weighted by Gasteiger charge is -2.28. The summed E-state index contributed by atoms with van der Waals surface area (Å²) in [6.07, 6.45) is 3.56. The molecule has 1 heterocycles. The van der Waals surface area contributed by atoms with Gasteiger partial charge in [-0.3, -0.25) is 5.73 Å². The van der Waals surface area contributed by atoms with Crippen molar-refractivity contribution in [2.75, 3.05) is 19.5 Å². The van der Waals surface area contributed by atoms with E-state index in [1.165, 1.54) is 0 Å². The Morgan fingerprint density at radius 3 is 2.71 bits per heavy atom. The maximum atomic E-state index is 6.50. The predicted molar refractivity (Wildman–Crippen MR) is 95.2 cm³/mol. The summed E-state index contributed by atoms with van der Waals surface area (Å²) in [7, 11) is 3.25. The fourth-order valence-corrected chi connectivity index (χ4v) is 2.53. The number of anilines is 1. The summed E-state index contributed by atoms with van der Waals surface area (Å²) >= 11 is 0. The van der Waals surface area contributed by atoms with Crippen molar-refractivity contribution in [3.05, 3.63) is 66.4 Å². The van der Waals surface area contributed by atoms with Crippen molar-refractivity contribution in [3.63, 3.8) is 0 Å². The van der Waals surface area contributed by atoms with E-state index in [2.05, 4.69) is 15.6 Å². The molecule has 0 radical (unpaired) electrons. The SMILES string of the molecule is COc1cccc(NC2=NC(N)(c3ccccc3OC)C=CN2)c1. The summed E-state index contributed by atoms with van der Waals surface area (Å²) in [6.45, 7) is 0. The molecule has 0 bridgehead atoms. The van der Waals surface area contributed by atoms with Gasteiger partial charge in [-0.1, -0.05) is 24.3 Å². The number of nitrogens with one attached hydrogen (secondary N) is 2. The molecule has 2 aromatic carbocycles. The molecule has 0 spiro atoms. The molecule has 1 unspecified atom stereocenters. The van der Waals surface area contributed by atoms with Crippen LogP contribution in [0.25, 0.3) is 0 Å². The third kappa shape index (κ3) is 3.18. The molecule has 6 heteroatoms. The van der Waals surface area contributed by atoms with E-state index in [-0.39, 0.29) is 0 Å². The van der Waals surface area contributed by atoms with Gasteiger partial charge in [0.25, 0.3) is 0 Å². The molecule has 1 atom stereocenters. The van der Waals surface area contributed by atoms with Crippen molar-refractivity contribution in [2.24, 2.45) is 10.7 Å². The number of nitrogens with zero attached hydrogens (tertiary/aromatic N) is 1. The first-order chi connectivity index (χ1) is 11.6. The van der Waals surface area contributed by atoms with Crippen molar-refractivity contribution in [2.45, 2.75) is 5.66 Å². The number of rotatable bonds is 4. The lowest BCUT2D eigenvalue weighted by Crippen LogP contribution is -2.42. The maximum absolute atomic E-state index is 6.50. The quantitative estimate of drug-likeness (QED) is 0.805. The van der Waals surface area contributed by atoms with Gasteiger partial charge in [-0.05, 0) is 24.3 Å². The normalized spacial score (nSPS) is 19.2. The first kappa shape index (κ1) is 15.9. The van der Waals surface area contributed by atoms with Crippen LogP contribution in [0.4, 0.5) is 5.69 Å². The van der Waals surface area contributed by atoms with E-state index in [0.29, 0.717) is 11.7 Å². The Morgan fingerprint density at radius 2 is 1.92 bits per heavy atom. The first-order valence-corrected chi connectivity index (χ1v) is 7.52. The van der Waals surface area contributed by atoms with Crippen LogP contribution >= 0.6 is 0 Å². The Hall–Kier alpha value is -2.99. The summed E-state index contributed by atoms with van der Waals surface area (Å²) in [6, 6.07) is 15.2. The third-order valence-corrected chi connectivity index (χ3v) is 3.73. The average molecular weight is 324 g/mol. The number of nitrogens with two attached hydrogens (primary N) is 1. The van der Waals surface area contributed by atoms with Crippen LogP contribution in [0.5, 0.6) is 11.5 Å². The molecule has 124 valence electrons. The van der Waals surface area contributed by atoms with Gasteiger partial charge in [-0.25, -0.2) is 4.99 Å². The fraction of sp³-hybridized carbons (Fsp3) is 0.167. The van der Waals surface area contributed by atoms with Crippen LogP contribution < -0.4 is 25.8 Å². The molecule has 0 amide bonds. The number of hydrogen-bond donors (Lipinski definition) is 3. The van der Waals surface area contributed by atoms with Gasteiger partial charge in [-0.2, -0.15) is 0 Å². The Kier molecular flexibility index (Phi) is 4.39. The van der Waals surface area contributed by atoms with E-state index < -0.39 is 5.66 Å². The number of para-hydroxylation sites is 1. The van der Waals surface area contributed by atoms with Crippen LogP contribution in [0.3, 0.4) is 0 Å². The average Bonchev–Trinajstić information content (AvgIpc) is 2.62. The largest absolute Gasteiger partial charge is 0.497 e. The molecule has 4 N–H and O–H groups in total. The lowest BCUT2D eigenvalue weighted by atomic mass is 9.99. The summed E-state index contributed by atoms with van der Waals surface area (Å²) in [4.78, 5) is 4.61. The topological polar surface area (TPSA) is 80.9 Å².